The van der Waals surface area contributed by atoms with E-state index in [1.54, 1.807) is 0 Å². The predicted molar refractivity (Wildman–Crippen MR) is 81.4 cm³/mol. The van der Waals surface area contributed by atoms with Crippen LogP contribution < -0.4 is 5.32 Å². The summed E-state index contributed by atoms with van der Waals surface area (Å²) in [4.78, 5) is 2.43. The minimum absolute atomic E-state index is 0.202. The van der Waals surface area contributed by atoms with Gasteiger partial charge in [-0.15, -0.1) is 0 Å². The second-order valence-corrected chi connectivity index (χ2v) is 5.23. The van der Waals surface area contributed by atoms with Crippen molar-refractivity contribution in [1.29, 1.82) is 5.26 Å². The van der Waals surface area contributed by atoms with Gasteiger partial charge in [0, 0.05) is 32.2 Å². The van der Waals surface area contributed by atoms with Crippen molar-refractivity contribution in [2.45, 2.75) is 12.5 Å². The first-order valence-corrected chi connectivity index (χ1v) is 7.19. The fraction of sp³-hybridized carbons (Fsp3) is 0.353. The molecular weight excluding hydrogens is 246 g/mol. The highest BCUT2D eigenvalue weighted by Gasteiger charge is 2.23. The molecule has 0 aliphatic carbocycles. The second kappa shape index (κ2) is 6.04. The van der Waals surface area contributed by atoms with E-state index in [9.17, 15) is 5.26 Å². The molecule has 0 amide bonds. The van der Waals surface area contributed by atoms with Gasteiger partial charge >= 0.3 is 0 Å². The molecule has 1 saturated heterocycles. The number of piperazine rings is 1. The molecule has 1 N–H and O–H groups in total. The Hall–Kier alpha value is -1.89. The number of nitrogens with zero attached hydrogens (tertiary/aromatic N) is 2. The minimum Gasteiger partial charge on any atom is -0.314 e. The molecule has 1 heterocycles. The fourth-order valence-electron chi connectivity index (χ4n) is 3.06. The van der Waals surface area contributed by atoms with Crippen molar-refractivity contribution in [3.05, 3.63) is 48.0 Å². The first-order chi connectivity index (χ1) is 9.90. The van der Waals surface area contributed by atoms with Crippen LogP contribution >= 0.6 is 0 Å². The number of nitriles is 1. The van der Waals surface area contributed by atoms with Crippen molar-refractivity contribution in [2.24, 2.45) is 0 Å². The Kier molecular flexibility index (Phi) is 3.96. The third-order valence-electron chi connectivity index (χ3n) is 4.06. The summed E-state index contributed by atoms with van der Waals surface area (Å²) in [5.41, 5.74) is 1.28. The zero-order valence-corrected chi connectivity index (χ0v) is 11.5. The lowest BCUT2D eigenvalue weighted by Crippen LogP contribution is -2.45. The number of hydrogen-bond donors (Lipinski definition) is 1. The van der Waals surface area contributed by atoms with Crippen LogP contribution in [0.2, 0.25) is 0 Å². The van der Waals surface area contributed by atoms with Gasteiger partial charge in [0.05, 0.1) is 12.5 Å². The third-order valence-corrected chi connectivity index (χ3v) is 4.06. The van der Waals surface area contributed by atoms with Crippen LogP contribution in [0.4, 0.5) is 0 Å². The summed E-state index contributed by atoms with van der Waals surface area (Å²) in [6, 6.07) is 17.4. The summed E-state index contributed by atoms with van der Waals surface area (Å²) >= 11 is 0. The summed E-state index contributed by atoms with van der Waals surface area (Å²) in [5.74, 6) is 0. The zero-order valence-electron chi connectivity index (χ0n) is 11.5. The fourth-order valence-corrected chi connectivity index (χ4v) is 3.06. The lowest BCUT2D eigenvalue weighted by Gasteiger charge is -2.34. The molecule has 20 heavy (non-hydrogen) atoms. The van der Waals surface area contributed by atoms with E-state index < -0.39 is 0 Å². The van der Waals surface area contributed by atoms with Crippen LogP contribution in [0.25, 0.3) is 10.8 Å². The zero-order chi connectivity index (χ0) is 13.8. The van der Waals surface area contributed by atoms with E-state index in [4.69, 9.17) is 0 Å². The van der Waals surface area contributed by atoms with Crippen LogP contribution in [0, 0.1) is 11.3 Å². The van der Waals surface area contributed by atoms with Crippen molar-refractivity contribution in [3.63, 3.8) is 0 Å². The van der Waals surface area contributed by atoms with Gasteiger partial charge in [-0.3, -0.25) is 4.90 Å². The molecule has 1 aliphatic rings. The summed E-state index contributed by atoms with van der Waals surface area (Å²) in [6.45, 7) is 4.03. The molecule has 0 spiro atoms. The number of nitrogens with one attached hydrogen (secondary N) is 1. The number of benzene rings is 2. The van der Waals surface area contributed by atoms with Crippen LogP contribution in [-0.4, -0.2) is 31.1 Å². The Morgan fingerprint density at radius 3 is 2.65 bits per heavy atom. The average molecular weight is 265 g/mol. The van der Waals surface area contributed by atoms with Crippen LogP contribution in [0.3, 0.4) is 0 Å². The van der Waals surface area contributed by atoms with E-state index in [2.05, 4.69) is 58.8 Å². The van der Waals surface area contributed by atoms with E-state index in [0.29, 0.717) is 6.42 Å². The molecule has 0 unspecified atom stereocenters. The largest absolute Gasteiger partial charge is 0.314 e. The topological polar surface area (TPSA) is 39.1 Å². The highest BCUT2D eigenvalue weighted by atomic mass is 15.2. The van der Waals surface area contributed by atoms with Crippen molar-refractivity contribution in [1.82, 2.24) is 10.2 Å². The van der Waals surface area contributed by atoms with E-state index in [1.165, 1.54) is 16.3 Å². The molecule has 2 aromatic rings. The molecule has 0 aromatic heterocycles. The molecule has 1 aliphatic heterocycles. The van der Waals surface area contributed by atoms with Gasteiger partial charge in [0.25, 0.3) is 0 Å². The standard InChI is InChI=1S/C17H19N3/c18-9-8-17(20-12-10-19-11-13-20)16-7-3-5-14-4-1-2-6-15(14)16/h1-7,17,19H,8,10-13H2/t17-/m1/s1. The summed E-state index contributed by atoms with van der Waals surface area (Å²) in [6.07, 6.45) is 0.550. The highest BCUT2D eigenvalue weighted by Crippen LogP contribution is 2.30. The predicted octanol–water partition coefficient (Wildman–Crippen LogP) is 2.70. The van der Waals surface area contributed by atoms with E-state index in [-0.39, 0.29) is 6.04 Å². The first kappa shape index (κ1) is 13.1. The molecule has 1 atom stereocenters. The third kappa shape index (κ3) is 2.53. The normalized spacial score (nSPS) is 17.8. The quantitative estimate of drug-likeness (QED) is 0.927. The maximum atomic E-state index is 9.21. The van der Waals surface area contributed by atoms with Gasteiger partial charge in [-0.25, -0.2) is 0 Å². The smallest absolute Gasteiger partial charge is 0.0641 e. The lowest BCUT2D eigenvalue weighted by molar-refractivity contribution is 0.176. The van der Waals surface area contributed by atoms with Gasteiger partial charge < -0.3 is 5.32 Å². The number of rotatable bonds is 3. The van der Waals surface area contributed by atoms with Crippen molar-refractivity contribution in [3.8, 4) is 6.07 Å². The van der Waals surface area contributed by atoms with Gasteiger partial charge in [-0.05, 0) is 16.3 Å². The molecule has 0 saturated carbocycles. The summed E-state index contributed by atoms with van der Waals surface area (Å²) in [5, 5.41) is 15.1. The van der Waals surface area contributed by atoms with Crippen LogP contribution in [0.5, 0.6) is 0 Å². The lowest BCUT2D eigenvalue weighted by atomic mass is 9.95. The first-order valence-electron chi connectivity index (χ1n) is 7.19. The van der Waals surface area contributed by atoms with Crippen molar-refractivity contribution in [2.75, 3.05) is 26.2 Å². The molecule has 3 heteroatoms. The van der Waals surface area contributed by atoms with Gasteiger partial charge in [0.2, 0.25) is 0 Å². The van der Waals surface area contributed by atoms with Gasteiger partial charge in [0.15, 0.2) is 0 Å². The molecule has 102 valence electrons. The van der Waals surface area contributed by atoms with Crippen molar-refractivity contribution >= 4 is 10.8 Å². The van der Waals surface area contributed by atoms with E-state index in [1.807, 2.05) is 0 Å². The second-order valence-electron chi connectivity index (χ2n) is 5.23. The van der Waals surface area contributed by atoms with E-state index in [0.717, 1.165) is 26.2 Å². The highest BCUT2D eigenvalue weighted by molar-refractivity contribution is 5.86. The Balaban J connectivity index is 2.02. The SMILES string of the molecule is N#CC[C@H](c1cccc2ccccc12)N1CCNCC1. The van der Waals surface area contributed by atoms with E-state index >= 15 is 0 Å². The molecule has 2 aromatic carbocycles. The Bertz CT molecular complexity index is 618. The van der Waals surface area contributed by atoms with Gasteiger partial charge in [-0.2, -0.15) is 5.26 Å². The van der Waals surface area contributed by atoms with Crippen LogP contribution in [0.1, 0.15) is 18.0 Å². The van der Waals surface area contributed by atoms with Gasteiger partial charge in [-0.1, -0.05) is 42.5 Å². The Morgan fingerprint density at radius 2 is 1.85 bits per heavy atom. The molecule has 3 nitrogen and oxygen atoms in total. The maximum Gasteiger partial charge on any atom is 0.0641 e. The van der Waals surface area contributed by atoms with Crippen LogP contribution in [-0.2, 0) is 0 Å². The minimum atomic E-state index is 0.202. The Labute approximate surface area is 119 Å². The average Bonchev–Trinajstić information content (AvgIpc) is 2.53. The molecule has 0 bridgehead atoms. The van der Waals surface area contributed by atoms with Crippen molar-refractivity contribution < 1.29 is 0 Å². The van der Waals surface area contributed by atoms with Crippen LogP contribution in [0.15, 0.2) is 42.5 Å². The molecule has 1 fully saturated rings. The van der Waals surface area contributed by atoms with Gasteiger partial charge in [0.1, 0.15) is 0 Å². The molecular formula is C17H19N3. The Morgan fingerprint density at radius 1 is 1.10 bits per heavy atom. The summed E-state index contributed by atoms with van der Waals surface area (Å²) < 4.78 is 0. The molecule has 3 rings (SSSR count). The molecule has 0 radical (unpaired) electrons. The number of fused-ring (bicyclic) bond motifs is 1. The monoisotopic (exact) mass is 265 g/mol. The summed E-state index contributed by atoms with van der Waals surface area (Å²) in [7, 11) is 0. The maximum absolute atomic E-state index is 9.21. The number of hydrogen-bond acceptors (Lipinski definition) is 3.